The van der Waals surface area contributed by atoms with E-state index < -0.39 is 0 Å². The summed E-state index contributed by atoms with van der Waals surface area (Å²) in [5.41, 5.74) is 10.8. The third-order valence-electron chi connectivity index (χ3n) is 10.9. The molecule has 0 aliphatic heterocycles. The molecule has 0 saturated heterocycles. The largest absolute Gasteiger partial charge is 0.456 e. The lowest BCUT2D eigenvalue weighted by Gasteiger charge is -2.37. The van der Waals surface area contributed by atoms with Gasteiger partial charge in [0.1, 0.15) is 73.9 Å². The summed E-state index contributed by atoms with van der Waals surface area (Å²) in [4.78, 5) is 1.73. The lowest BCUT2D eigenvalue weighted by Crippen LogP contribution is -2.50. The van der Waals surface area contributed by atoms with Crippen molar-refractivity contribution in [1.29, 1.82) is 0 Å². The number of para-hydroxylation sites is 1. The van der Waals surface area contributed by atoms with Crippen LogP contribution in [0.2, 0.25) is 0 Å². The Hall–Kier alpha value is -6.12. The van der Waals surface area contributed by atoms with E-state index in [-0.39, 0.29) is 55.1 Å². The molecule has 0 aliphatic rings. The van der Waals surface area contributed by atoms with Crippen LogP contribution in [-0.2, 0) is 0 Å². The zero-order valence-electron chi connectivity index (χ0n) is 31.4. The number of nitrogens with zero attached hydrogens (tertiary/aromatic N) is 1. The van der Waals surface area contributed by atoms with Crippen LogP contribution in [-0.4, -0.2) is 62.8 Å². The average molecular weight is 718 g/mol. The first kappa shape index (κ1) is 37.5. The van der Waals surface area contributed by atoms with Crippen LogP contribution in [0.5, 0.6) is 0 Å². The van der Waals surface area contributed by atoms with E-state index >= 15 is 0 Å². The van der Waals surface area contributed by atoms with E-state index in [1.807, 2.05) is 115 Å². The number of anilines is 3. The van der Waals surface area contributed by atoms with Crippen LogP contribution in [0.25, 0.3) is 66.4 Å². The van der Waals surface area contributed by atoms with Gasteiger partial charge in [0, 0.05) is 27.8 Å². The number of fused-ring (bicyclic) bond motifs is 3. The maximum Gasteiger partial charge on any atom is 0.136 e. The van der Waals surface area contributed by atoms with Crippen LogP contribution in [0, 0.1) is 0 Å². The summed E-state index contributed by atoms with van der Waals surface area (Å²) in [6, 6.07) is 49.5. The molecule has 0 unspecified atom stereocenters. The molecule has 0 bridgehead atoms. The highest BCUT2D eigenvalue weighted by Gasteiger charge is 2.26. The van der Waals surface area contributed by atoms with E-state index in [1.165, 1.54) is 0 Å². The smallest absolute Gasteiger partial charge is 0.136 e. The fourth-order valence-electron chi connectivity index (χ4n) is 7.88. The van der Waals surface area contributed by atoms with Crippen LogP contribution < -0.4 is 48.6 Å². The molecule has 0 fully saturated rings. The van der Waals surface area contributed by atoms with Crippen molar-refractivity contribution >= 4 is 145 Å². The average Bonchev–Trinajstić information content (AvgIpc) is 3.63. The van der Waals surface area contributed by atoms with Crippen molar-refractivity contribution < 1.29 is 4.42 Å². The Bertz CT molecular complexity index is 2960. The minimum absolute atomic E-state index is 0.148. The van der Waals surface area contributed by atoms with Crippen molar-refractivity contribution in [3.05, 3.63) is 152 Å². The number of benzene rings is 8. The fourth-order valence-corrected chi connectivity index (χ4v) is 7.88. The van der Waals surface area contributed by atoms with Crippen LogP contribution in [0.1, 0.15) is 0 Å². The van der Waals surface area contributed by atoms with Gasteiger partial charge in [-0.1, -0.05) is 165 Å². The van der Waals surface area contributed by atoms with E-state index in [0.717, 1.165) is 44.2 Å². The van der Waals surface area contributed by atoms with Gasteiger partial charge in [0.25, 0.3) is 0 Å². The zero-order chi connectivity index (χ0) is 40.2. The molecule has 252 valence electrons. The Kier molecular flexibility index (Phi) is 9.68. The predicted octanol–water partition coefficient (Wildman–Crippen LogP) is 4.07. The highest BCUT2D eigenvalue weighted by Crippen LogP contribution is 2.35. The van der Waals surface area contributed by atoms with E-state index in [0.29, 0.717) is 28.0 Å². The summed E-state index contributed by atoms with van der Waals surface area (Å²) >= 11 is 0. The van der Waals surface area contributed by atoms with Gasteiger partial charge in [-0.3, -0.25) is 0 Å². The highest BCUT2D eigenvalue weighted by atomic mass is 16.3. The molecule has 0 aliphatic carbocycles. The van der Waals surface area contributed by atoms with Crippen LogP contribution in [0.4, 0.5) is 17.1 Å². The molecule has 0 atom stereocenters. The number of hydrogen-bond donors (Lipinski definition) is 0. The molecule has 58 heavy (non-hydrogen) atoms. The number of hydrogen-bond acceptors (Lipinski definition) is 2. The molecule has 9 rings (SSSR count). The van der Waals surface area contributed by atoms with E-state index in [2.05, 4.69) is 36.4 Å². The second kappa shape index (κ2) is 15.0. The molecule has 1 aromatic heterocycles. The lowest BCUT2D eigenvalue weighted by atomic mass is 9.63. The quantitative estimate of drug-likeness (QED) is 0.232. The fraction of sp³-hybridized carbons (Fsp3) is 0. The lowest BCUT2D eigenvalue weighted by molar-refractivity contribution is 0.669. The van der Waals surface area contributed by atoms with E-state index in [9.17, 15) is 0 Å². The molecule has 10 heteroatoms. The van der Waals surface area contributed by atoms with Crippen LogP contribution in [0.3, 0.4) is 0 Å². The predicted molar refractivity (Wildman–Crippen MR) is 253 cm³/mol. The molecule has 16 radical (unpaired) electrons. The van der Waals surface area contributed by atoms with Crippen molar-refractivity contribution in [3.8, 4) is 44.5 Å². The molecule has 2 nitrogen and oxygen atoms in total. The van der Waals surface area contributed by atoms with Crippen LogP contribution in [0.15, 0.2) is 156 Å². The summed E-state index contributed by atoms with van der Waals surface area (Å²) in [5.74, 6) is 0. The Morgan fingerprint density at radius 3 is 1.21 bits per heavy atom. The second-order valence-corrected chi connectivity index (χ2v) is 14.3. The maximum absolute atomic E-state index is 7.05. The highest BCUT2D eigenvalue weighted by molar-refractivity contribution is 6.65. The standard InChI is InChI=1S/C48H25B8NO/c49-39-37(30-11-5-2-6-12-30)40(50)44(54)47(43(39)53)57(32-22-19-29(20-23-32)28-17-15-27(16-18-28)26-9-3-1-4-10-26)48-45(55)41(51)38(42(52)46(48)56)31-21-24-34-33-13-7-8-14-35(33)58-36(34)25-31/h1-25H. The maximum atomic E-state index is 7.05. The Balaban J connectivity index is 1.21. The van der Waals surface area contributed by atoms with Crippen molar-refractivity contribution in [2.75, 3.05) is 4.90 Å². The Labute approximate surface area is 349 Å². The van der Waals surface area contributed by atoms with Gasteiger partial charge in [0.2, 0.25) is 0 Å². The number of rotatable bonds is 7. The second-order valence-electron chi connectivity index (χ2n) is 14.3. The van der Waals surface area contributed by atoms with Gasteiger partial charge >= 0.3 is 0 Å². The topological polar surface area (TPSA) is 16.4 Å². The summed E-state index contributed by atoms with van der Waals surface area (Å²) in [7, 11) is 55.6. The molecule has 8 aromatic carbocycles. The van der Waals surface area contributed by atoms with E-state index in [1.54, 1.807) is 4.90 Å². The normalized spacial score (nSPS) is 11.3. The first-order chi connectivity index (χ1) is 28.1. The van der Waals surface area contributed by atoms with Gasteiger partial charge in [-0.05, 0) is 74.8 Å². The SMILES string of the molecule is [B]c1c([B])c(N(c2ccc(-c3ccc(-c4ccccc4)cc3)cc2)c2c([B])c([B])c(-c3ccc4c(c3)oc3ccccc34)c([B])c2[B])c([B])c([B])c1-c1ccccc1. The summed E-state index contributed by atoms with van der Waals surface area (Å²) in [5, 5.41) is 1.95. The van der Waals surface area contributed by atoms with E-state index in [4.69, 9.17) is 67.2 Å². The molecule has 0 saturated carbocycles. The van der Waals surface area contributed by atoms with Crippen LogP contribution >= 0.6 is 0 Å². The zero-order valence-corrected chi connectivity index (χ0v) is 31.4. The van der Waals surface area contributed by atoms with Gasteiger partial charge in [-0.15, -0.1) is 0 Å². The third kappa shape index (κ3) is 6.27. The summed E-state index contributed by atoms with van der Waals surface area (Å²) in [6.07, 6.45) is 0. The molecule has 0 N–H and O–H groups in total. The van der Waals surface area contributed by atoms with Gasteiger partial charge in [-0.25, -0.2) is 0 Å². The summed E-state index contributed by atoms with van der Waals surface area (Å²) in [6.45, 7) is 0. The Morgan fingerprint density at radius 1 is 0.310 bits per heavy atom. The first-order valence-corrected chi connectivity index (χ1v) is 18.7. The van der Waals surface area contributed by atoms with Gasteiger partial charge in [0.15, 0.2) is 0 Å². The minimum Gasteiger partial charge on any atom is -0.456 e. The molecule has 0 spiro atoms. The van der Waals surface area contributed by atoms with Gasteiger partial charge in [0.05, 0.1) is 0 Å². The van der Waals surface area contributed by atoms with Gasteiger partial charge < -0.3 is 9.32 Å². The monoisotopic (exact) mass is 719 g/mol. The third-order valence-corrected chi connectivity index (χ3v) is 10.9. The molecular weight excluding hydrogens is 693 g/mol. The Morgan fingerprint density at radius 2 is 0.690 bits per heavy atom. The summed E-state index contributed by atoms with van der Waals surface area (Å²) < 4.78 is 6.19. The molecule has 0 amide bonds. The van der Waals surface area contributed by atoms with Crippen molar-refractivity contribution in [3.63, 3.8) is 0 Å². The van der Waals surface area contributed by atoms with Crippen molar-refractivity contribution in [1.82, 2.24) is 0 Å². The molecule has 1 heterocycles. The minimum atomic E-state index is 0.148. The van der Waals surface area contributed by atoms with Crippen molar-refractivity contribution in [2.24, 2.45) is 0 Å². The number of furan rings is 1. The molecule has 9 aromatic rings. The first-order valence-electron chi connectivity index (χ1n) is 18.7. The molecular formula is C48H25B8NO. The van der Waals surface area contributed by atoms with Gasteiger partial charge in [-0.2, -0.15) is 0 Å². The van der Waals surface area contributed by atoms with Crippen molar-refractivity contribution in [2.45, 2.75) is 0 Å².